The molecule has 0 spiro atoms. The summed E-state index contributed by atoms with van der Waals surface area (Å²) in [4.78, 5) is 45.2. The van der Waals surface area contributed by atoms with E-state index in [-0.39, 0.29) is 29.8 Å². The number of carbonyl (C=O) groups is 3. The quantitative estimate of drug-likeness (QED) is 0.411. The molecule has 0 aliphatic carbocycles. The van der Waals surface area contributed by atoms with Crippen LogP contribution in [0.2, 0.25) is 0 Å². The molecule has 2 aromatic rings. The molecular weight excluding hydrogens is 386 g/mol. The van der Waals surface area contributed by atoms with Gasteiger partial charge in [-0.05, 0) is 25.8 Å². The molecule has 0 radical (unpaired) electrons. The number of ether oxygens (including phenoxy) is 1. The summed E-state index contributed by atoms with van der Waals surface area (Å²) in [5.41, 5.74) is 1.60. The number of ketones is 1. The highest BCUT2D eigenvalue weighted by Gasteiger charge is 2.22. The third-order valence-electron chi connectivity index (χ3n) is 4.12. The summed E-state index contributed by atoms with van der Waals surface area (Å²) in [6, 6.07) is 1.62. The van der Waals surface area contributed by atoms with Crippen molar-refractivity contribution < 1.29 is 19.1 Å². The van der Waals surface area contributed by atoms with Crippen LogP contribution in [0, 0.1) is 0 Å². The molecule has 2 aromatic heterocycles. The summed E-state index contributed by atoms with van der Waals surface area (Å²) in [6.45, 7) is 3.65. The lowest BCUT2D eigenvalue weighted by atomic mass is 10.2. The van der Waals surface area contributed by atoms with Gasteiger partial charge in [0, 0.05) is 30.2 Å². The predicted octanol–water partition coefficient (Wildman–Crippen LogP) is 2.79. The fraction of sp³-hybridized carbons (Fsp3) is 0.444. The van der Waals surface area contributed by atoms with Gasteiger partial charge in [-0.25, -0.2) is 4.98 Å². The number of hydrogen-bond acceptors (Lipinski definition) is 7. The van der Waals surface area contributed by atoms with Gasteiger partial charge in [-0.2, -0.15) is 0 Å². The van der Waals surface area contributed by atoms with Crippen LogP contribution in [-0.2, 0) is 16.0 Å². The van der Waals surface area contributed by atoms with Gasteiger partial charge >= 0.3 is 5.97 Å². The smallest absolute Gasteiger partial charge is 0.311 e. The second-order valence-electron chi connectivity index (χ2n) is 6.10. The number of aromatic amines is 1. The van der Waals surface area contributed by atoms with E-state index in [0.717, 1.165) is 30.3 Å². The summed E-state index contributed by atoms with van der Waals surface area (Å²) >= 11 is 2.72. The van der Waals surface area contributed by atoms with Crippen LogP contribution in [0.4, 0.5) is 0 Å². The van der Waals surface area contributed by atoms with Gasteiger partial charge in [-0.15, -0.1) is 11.3 Å². The number of hydrogen-bond donors (Lipinski definition) is 1. The van der Waals surface area contributed by atoms with E-state index in [9.17, 15) is 14.4 Å². The minimum atomic E-state index is -0.307. The maximum absolute atomic E-state index is 12.4. The molecule has 144 valence electrons. The van der Waals surface area contributed by atoms with Gasteiger partial charge < -0.3 is 14.6 Å². The molecule has 1 aliphatic heterocycles. The van der Waals surface area contributed by atoms with Crippen molar-refractivity contribution in [2.45, 2.75) is 30.5 Å². The second kappa shape index (κ2) is 9.18. The van der Waals surface area contributed by atoms with Crippen LogP contribution < -0.4 is 0 Å². The van der Waals surface area contributed by atoms with Crippen LogP contribution in [0.5, 0.6) is 0 Å². The highest BCUT2D eigenvalue weighted by Crippen LogP contribution is 2.24. The number of amides is 1. The molecule has 1 amide bonds. The van der Waals surface area contributed by atoms with E-state index in [1.165, 1.54) is 23.1 Å². The fourth-order valence-corrected chi connectivity index (χ4v) is 4.51. The van der Waals surface area contributed by atoms with Crippen molar-refractivity contribution in [2.75, 3.05) is 25.4 Å². The molecule has 3 rings (SSSR count). The number of nitrogens with zero attached hydrogens (tertiary/aromatic N) is 2. The highest BCUT2D eigenvalue weighted by atomic mass is 32.2. The molecule has 3 heterocycles. The second-order valence-corrected chi connectivity index (χ2v) is 8.18. The van der Waals surface area contributed by atoms with E-state index in [2.05, 4.69) is 9.97 Å². The molecule has 27 heavy (non-hydrogen) atoms. The van der Waals surface area contributed by atoms with Gasteiger partial charge in [0.15, 0.2) is 10.1 Å². The minimum absolute atomic E-state index is 0.0530. The van der Waals surface area contributed by atoms with Gasteiger partial charge in [0.05, 0.1) is 24.5 Å². The van der Waals surface area contributed by atoms with E-state index in [1.54, 1.807) is 29.5 Å². The Kier molecular flexibility index (Phi) is 6.68. The summed E-state index contributed by atoms with van der Waals surface area (Å²) in [7, 11) is 0. The van der Waals surface area contributed by atoms with Gasteiger partial charge in [-0.3, -0.25) is 14.4 Å². The Morgan fingerprint density at radius 3 is 2.85 bits per heavy atom. The van der Waals surface area contributed by atoms with Gasteiger partial charge in [0.25, 0.3) is 5.91 Å². The Bertz CT molecular complexity index is 824. The van der Waals surface area contributed by atoms with Crippen LogP contribution in [-0.4, -0.2) is 58.0 Å². The zero-order chi connectivity index (χ0) is 19.2. The van der Waals surface area contributed by atoms with E-state index in [0.29, 0.717) is 23.6 Å². The van der Waals surface area contributed by atoms with Crippen molar-refractivity contribution in [3.63, 3.8) is 0 Å². The Labute approximate surface area is 165 Å². The number of rotatable bonds is 8. The van der Waals surface area contributed by atoms with Gasteiger partial charge in [-0.1, -0.05) is 11.8 Å². The number of thiazole rings is 1. The first-order valence-corrected chi connectivity index (χ1v) is 10.7. The first-order valence-electron chi connectivity index (χ1n) is 8.80. The van der Waals surface area contributed by atoms with Gasteiger partial charge in [0.1, 0.15) is 5.69 Å². The van der Waals surface area contributed by atoms with E-state index in [1.807, 2.05) is 0 Å². The van der Waals surface area contributed by atoms with E-state index >= 15 is 0 Å². The predicted molar refractivity (Wildman–Crippen MR) is 103 cm³/mol. The topological polar surface area (TPSA) is 92.4 Å². The average molecular weight is 408 g/mol. The van der Waals surface area contributed by atoms with Crippen molar-refractivity contribution in [3.8, 4) is 0 Å². The standard InChI is InChI=1S/C18H21N3O4S2/c1-2-25-16(23)8-13-10-26-18(20-13)27-11-15(22)12-7-14(19-9-12)17(24)21-5-3-4-6-21/h7,9-10,19H,2-6,8,11H2,1H3. The Morgan fingerprint density at radius 2 is 2.11 bits per heavy atom. The Hall–Kier alpha value is -2.13. The number of Topliss-reactive ketones (excluding diaryl/α,β-unsaturated/α-hetero) is 1. The number of likely N-dealkylation sites (tertiary alicyclic amines) is 1. The summed E-state index contributed by atoms with van der Waals surface area (Å²) in [6.07, 6.45) is 3.78. The lowest BCUT2D eigenvalue weighted by Crippen LogP contribution is -2.27. The van der Waals surface area contributed by atoms with E-state index in [4.69, 9.17) is 4.74 Å². The lowest BCUT2D eigenvalue weighted by Gasteiger charge is -2.13. The SMILES string of the molecule is CCOC(=O)Cc1csc(SCC(=O)c2c[nH]c(C(=O)N3CCCC3)c2)n1. The number of thioether (sulfide) groups is 1. The molecule has 0 unspecified atom stereocenters. The van der Waals surface area contributed by atoms with E-state index < -0.39 is 0 Å². The third kappa shape index (κ3) is 5.20. The van der Waals surface area contributed by atoms with Crippen molar-refractivity contribution in [1.82, 2.24) is 14.9 Å². The van der Waals surface area contributed by atoms with Crippen molar-refractivity contribution in [2.24, 2.45) is 0 Å². The fourth-order valence-electron chi connectivity index (χ4n) is 2.78. The Morgan fingerprint density at radius 1 is 1.33 bits per heavy atom. The Balaban J connectivity index is 1.52. The maximum Gasteiger partial charge on any atom is 0.311 e. The molecule has 0 aromatic carbocycles. The molecule has 1 saturated heterocycles. The van der Waals surface area contributed by atoms with Crippen LogP contribution >= 0.6 is 23.1 Å². The number of nitrogens with one attached hydrogen (secondary N) is 1. The molecule has 1 fully saturated rings. The lowest BCUT2D eigenvalue weighted by molar-refractivity contribution is -0.142. The molecular formula is C18H21N3O4S2. The number of H-pyrrole nitrogens is 1. The molecule has 0 bridgehead atoms. The van der Waals surface area contributed by atoms with Crippen LogP contribution in [0.1, 0.15) is 46.3 Å². The number of aromatic nitrogens is 2. The molecule has 9 heteroatoms. The van der Waals surface area contributed by atoms with Gasteiger partial charge in [0.2, 0.25) is 0 Å². The zero-order valence-electron chi connectivity index (χ0n) is 15.0. The first kappa shape index (κ1) is 19.6. The van der Waals surface area contributed by atoms with Crippen molar-refractivity contribution >= 4 is 40.8 Å². The summed E-state index contributed by atoms with van der Waals surface area (Å²) < 4.78 is 5.63. The van der Waals surface area contributed by atoms with Crippen molar-refractivity contribution in [1.29, 1.82) is 0 Å². The summed E-state index contributed by atoms with van der Waals surface area (Å²) in [5, 5.41) is 1.80. The highest BCUT2D eigenvalue weighted by molar-refractivity contribution is 8.01. The first-order chi connectivity index (χ1) is 13.1. The zero-order valence-corrected chi connectivity index (χ0v) is 16.7. The monoisotopic (exact) mass is 407 g/mol. The normalized spacial score (nSPS) is 13.7. The van der Waals surface area contributed by atoms with Crippen LogP contribution in [0.3, 0.4) is 0 Å². The minimum Gasteiger partial charge on any atom is -0.466 e. The largest absolute Gasteiger partial charge is 0.466 e. The molecule has 0 atom stereocenters. The van der Waals surface area contributed by atoms with Crippen LogP contribution in [0.15, 0.2) is 22.0 Å². The maximum atomic E-state index is 12.4. The number of esters is 1. The van der Waals surface area contributed by atoms with Crippen LogP contribution in [0.25, 0.3) is 0 Å². The molecule has 7 nitrogen and oxygen atoms in total. The summed E-state index contributed by atoms with van der Waals surface area (Å²) in [5.74, 6) is -0.207. The number of carbonyl (C=O) groups excluding carboxylic acids is 3. The molecule has 1 N–H and O–H groups in total. The third-order valence-corrected chi connectivity index (χ3v) is 6.19. The van der Waals surface area contributed by atoms with Crippen molar-refractivity contribution in [3.05, 3.63) is 34.6 Å². The average Bonchev–Trinajstić information content (AvgIpc) is 3.40. The molecule has 0 saturated carbocycles. The molecule has 1 aliphatic rings.